The van der Waals surface area contributed by atoms with Gasteiger partial charge >= 0.3 is 0 Å². The zero-order valence-corrected chi connectivity index (χ0v) is 8.21. The van der Waals surface area contributed by atoms with E-state index in [1.54, 1.807) is 5.38 Å². The van der Waals surface area contributed by atoms with Crippen molar-refractivity contribution in [3.8, 4) is 10.6 Å². The first-order chi connectivity index (χ1) is 6.77. The largest absolute Gasteiger partial charge is 0.382 e. The number of amidine groups is 1. The van der Waals surface area contributed by atoms with Gasteiger partial charge in [-0.05, 0) is 0 Å². The molecule has 2 aromatic rings. The molecule has 70 valence electrons. The number of rotatable bonds is 2. The number of thiazole rings is 1. The van der Waals surface area contributed by atoms with Crippen LogP contribution in [0.2, 0.25) is 0 Å². The molecule has 0 amide bonds. The molecule has 1 aromatic heterocycles. The quantitative estimate of drug-likeness (QED) is 0.580. The van der Waals surface area contributed by atoms with Gasteiger partial charge in [0.05, 0.1) is 0 Å². The van der Waals surface area contributed by atoms with E-state index in [1.165, 1.54) is 11.3 Å². The maximum Gasteiger partial charge on any atom is 0.142 e. The van der Waals surface area contributed by atoms with Crippen LogP contribution in [0.5, 0.6) is 0 Å². The van der Waals surface area contributed by atoms with Crippen LogP contribution in [0.4, 0.5) is 0 Å². The summed E-state index contributed by atoms with van der Waals surface area (Å²) in [5.41, 5.74) is 6.94. The highest BCUT2D eigenvalue weighted by atomic mass is 32.1. The van der Waals surface area contributed by atoms with E-state index in [9.17, 15) is 0 Å². The van der Waals surface area contributed by atoms with Gasteiger partial charge in [0.15, 0.2) is 0 Å². The minimum absolute atomic E-state index is 0.0171. The molecule has 0 saturated heterocycles. The number of nitrogens with one attached hydrogen (secondary N) is 1. The third kappa shape index (κ3) is 1.65. The Kier molecular flexibility index (Phi) is 2.28. The van der Waals surface area contributed by atoms with Gasteiger partial charge in [0, 0.05) is 10.9 Å². The molecule has 0 atom stereocenters. The average molecular weight is 203 g/mol. The predicted molar refractivity (Wildman–Crippen MR) is 58.6 cm³/mol. The lowest BCUT2D eigenvalue weighted by molar-refractivity contribution is 1.32. The lowest BCUT2D eigenvalue weighted by atomic mass is 10.2. The molecule has 4 heteroatoms. The minimum Gasteiger partial charge on any atom is -0.382 e. The van der Waals surface area contributed by atoms with Gasteiger partial charge in [0.25, 0.3) is 0 Å². The molecule has 3 nitrogen and oxygen atoms in total. The van der Waals surface area contributed by atoms with Crippen LogP contribution in [0.3, 0.4) is 0 Å². The minimum atomic E-state index is 0.0171. The van der Waals surface area contributed by atoms with Gasteiger partial charge in [-0.2, -0.15) is 0 Å². The first-order valence-corrected chi connectivity index (χ1v) is 5.00. The van der Waals surface area contributed by atoms with E-state index >= 15 is 0 Å². The van der Waals surface area contributed by atoms with Crippen molar-refractivity contribution in [2.24, 2.45) is 5.73 Å². The highest BCUT2D eigenvalue weighted by Crippen LogP contribution is 2.22. The fourth-order valence-electron chi connectivity index (χ4n) is 1.11. The Bertz CT molecular complexity index is 447. The van der Waals surface area contributed by atoms with Gasteiger partial charge < -0.3 is 5.73 Å². The molecule has 0 spiro atoms. The Labute approximate surface area is 85.7 Å². The van der Waals surface area contributed by atoms with Gasteiger partial charge in [0.1, 0.15) is 16.5 Å². The summed E-state index contributed by atoms with van der Waals surface area (Å²) in [7, 11) is 0. The summed E-state index contributed by atoms with van der Waals surface area (Å²) in [4.78, 5) is 4.25. The van der Waals surface area contributed by atoms with Crippen molar-refractivity contribution in [2.45, 2.75) is 0 Å². The van der Waals surface area contributed by atoms with Crippen LogP contribution >= 0.6 is 11.3 Å². The molecule has 3 N–H and O–H groups in total. The molecule has 0 unspecified atom stereocenters. The fraction of sp³-hybridized carbons (Fsp3) is 0. The summed E-state index contributed by atoms with van der Waals surface area (Å²) in [6, 6.07) is 9.86. The number of nitrogens with zero attached hydrogens (tertiary/aromatic N) is 1. The molecular formula is C10H9N3S. The first-order valence-electron chi connectivity index (χ1n) is 4.13. The number of aromatic nitrogens is 1. The molecule has 0 aliphatic carbocycles. The first kappa shape index (κ1) is 8.90. The third-order valence-corrected chi connectivity index (χ3v) is 2.69. The van der Waals surface area contributed by atoms with Crippen molar-refractivity contribution >= 4 is 17.2 Å². The summed E-state index contributed by atoms with van der Waals surface area (Å²) < 4.78 is 0. The van der Waals surface area contributed by atoms with Gasteiger partial charge in [-0.25, -0.2) is 4.98 Å². The molecular weight excluding hydrogens is 194 g/mol. The zero-order chi connectivity index (χ0) is 9.97. The SMILES string of the molecule is N=C(N)c1csc(-c2ccccc2)n1. The molecule has 1 aromatic carbocycles. The van der Waals surface area contributed by atoms with Crippen LogP contribution in [0.25, 0.3) is 10.6 Å². The van der Waals surface area contributed by atoms with Gasteiger partial charge in [-0.1, -0.05) is 30.3 Å². The van der Waals surface area contributed by atoms with Gasteiger partial charge in [-0.3, -0.25) is 5.41 Å². The molecule has 0 fully saturated rings. The number of benzene rings is 1. The van der Waals surface area contributed by atoms with Crippen molar-refractivity contribution in [3.05, 3.63) is 41.4 Å². The molecule has 2 rings (SSSR count). The number of nitrogen functional groups attached to an aromatic ring is 1. The van der Waals surface area contributed by atoms with Crippen LogP contribution in [0.1, 0.15) is 5.69 Å². The topological polar surface area (TPSA) is 62.8 Å². The zero-order valence-electron chi connectivity index (χ0n) is 7.40. The molecule has 1 heterocycles. The van der Waals surface area contributed by atoms with E-state index < -0.39 is 0 Å². The van der Waals surface area contributed by atoms with Crippen molar-refractivity contribution in [2.75, 3.05) is 0 Å². The van der Waals surface area contributed by atoms with Crippen LogP contribution in [0.15, 0.2) is 35.7 Å². The van der Waals surface area contributed by atoms with Gasteiger partial charge in [0.2, 0.25) is 0 Å². The summed E-state index contributed by atoms with van der Waals surface area (Å²) in [5, 5.41) is 9.93. The second kappa shape index (κ2) is 3.59. The van der Waals surface area contributed by atoms with E-state index in [0.29, 0.717) is 5.69 Å². The molecule has 0 bridgehead atoms. The lowest BCUT2D eigenvalue weighted by Gasteiger charge is -1.93. The number of hydrogen-bond donors (Lipinski definition) is 2. The van der Waals surface area contributed by atoms with E-state index in [1.807, 2.05) is 30.3 Å². The summed E-state index contributed by atoms with van der Waals surface area (Å²) in [5.74, 6) is 0.0171. The van der Waals surface area contributed by atoms with Crippen molar-refractivity contribution < 1.29 is 0 Å². The standard InChI is InChI=1S/C10H9N3S/c11-9(12)8-6-14-10(13-8)7-4-2-1-3-5-7/h1-6H,(H3,11,12). The number of hydrogen-bond acceptors (Lipinski definition) is 3. The molecule has 14 heavy (non-hydrogen) atoms. The molecule has 0 aliphatic heterocycles. The Balaban J connectivity index is 2.39. The third-order valence-electron chi connectivity index (χ3n) is 1.80. The monoisotopic (exact) mass is 203 g/mol. The maximum absolute atomic E-state index is 7.23. The van der Waals surface area contributed by atoms with E-state index in [0.717, 1.165) is 10.6 Å². The highest BCUT2D eigenvalue weighted by Gasteiger charge is 2.05. The Morgan fingerprint density at radius 3 is 2.57 bits per heavy atom. The summed E-state index contributed by atoms with van der Waals surface area (Å²) in [6.07, 6.45) is 0. The molecule has 0 saturated carbocycles. The van der Waals surface area contributed by atoms with Crippen LogP contribution in [0, 0.1) is 5.41 Å². The summed E-state index contributed by atoms with van der Waals surface area (Å²) in [6.45, 7) is 0. The van der Waals surface area contributed by atoms with E-state index in [-0.39, 0.29) is 5.84 Å². The maximum atomic E-state index is 7.23. The van der Waals surface area contributed by atoms with Crippen molar-refractivity contribution in [3.63, 3.8) is 0 Å². The van der Waals surface area contributed by atoms with Crippen LogP contribution in [-0.4, -0.2) is 10.8 Å². The normalized spacial score (nSPS) is 10.0. The van der Waals surface area contributed by atoms with E-state index in [2.05, 4.69) is 4.98 Å². The van der Waals surface area contributed by atoms with Gasteiger partial charge in [-0.15, -0.1) is 11.3 Å². The lowest BCUT2D eigenvalue weighted by Crippen LogP contribution is -2.11. The second-order valence-corrected chi connectivity index (χ2v) is 3.68. The fourth-order valence-corrected chi connectivity index (χ4v) is 1.94. The molecule has 0 aliphatic rings. The Morgan fingerprint density at radius 1 is 1.29 bits per heavy atom. The van der Waals surface area contributed by atoms with Crippen LogP contribution < -0.4 is 5.73 Å². The van der Waals surface area contributed by atoms with E-state index in [4.69, 9.17) is 11.1 Å². The number of nitrogens with two attached hydrogens (primary N) is 1. The predicted octanol–water partition coefficient (Wildman–Crippen LogP) is 2.09. The Hall–Kier alpha value is -1.68. The smallest absolute Gasteiger partial charge is 0.142 e. The summed E-state index contributed by atoms with van der Waals surface area (Å²) >= 11 is 1.50. The average Bonchev–Trinajstić information content (AvgIpc) is 2.68. The molecule has 0 radical (unpaired) electrons. The van der Waals surface area contributed by atoms with Crippen molar-refractivity contribution in [1.82, 2.24) is 4.98 Å². The Morgan fingerprint density at radius 2 is 2.00 bits per heavy atom. The second-order valence-electron chi connectivity index (χ2n) is 2.82. The van der Waals surface area contributed by atoms with Crippen molar-refractivity contribution in [1.29, 1.82) is 5.41 Å². The highest BCUT2D eigenvalue weighted by molar-refractivity contribution is 7.13. The van der Waals surface area contributed by atoms with Crippen LogP contribution in [-0.2, 0) is 0 Å².